The van der Waals surface area contributed by atoms with E-state index in [1.54, 1.807) is 0 Å². The highest BCUT2D eigenvalue weighted by Gasteiger charge is 2.37. The van der Waals surface area contributed by atoms with Crippen molar-refractivity contribution in [3.05, 3.63) is 0 Å². The monoisotopic (exact) mass is 229 g/mol. The van der Waals surface area contributed by atoms with Crippen LogP contribution < -0.4 is 0 Å². The molecule has 0 bridgehead atoms. The van der Waals surface area contributed by atoms with Crippen LogP contribution >= 0.6 is 0 Å². The lowest BCUT2D eigenvalue weighted by Gasteiger charge is -2.25. The van der Waals surface area contributed by atoms with E-state index >= 15 is 0 Å². The average Bonchev–Trinajstić information content (AvgIpc) is 2.63. The van der Waals surface area contributed by atoms with Crippen molar-refractivity contribution in [3.8, 4) is 0 Å². The zero-order chi connectivity index (χ0) is 12.3. The lowest BCUT2D eigenvalue weighted by atomic mass is 9.92. The molecular weight excluding hydrogens is 210 g/mol. The third kappa shape index (κ3) is 2.95. The van der Waals surface area contributed by atoms with Crippen LogP contribution in [0.5, 0.6) is 0 Å². The summed E-state index contributed by atoms with van der Waals surface area (Å²) in [5.74, 6) is -1.03. The first kappa shape index (κ1) is 13.0. The van der Waals surface area contributed by atoms with Crippen LogP contribution in [0.1, 0.15) is 20.3 Å². The van der Waals surface area contributed by atoms with Crippen LogP contribution in [0.3, 0.4) is 0 Å². The van der Waals surface area contributed by atoms with Gasteiger partial charge in [-0.05, 0) is 12.3 Å². The number of carboxylic acids is 1. The van der Waals surface area contributed by atoms with Crippen LogP contribution in [0.25, 0.3) is 0 Å². The van der Waals surface area contributed by atoms with Gasteiger partial charge in [0.2, 0.25) is 5.91 Å². The maximum atomic E-state index is 12.0. The van der Waals surface area contributed by atoms with Crippen molar-refractivity contribution in [2.45, 2.75) is 26.4 Å². The predicted octanol–water partition coefficient (Wildman–Crippen LogP) is 0.591. The second kappa shape index (κ2) is 5.30. The van der Waals surface area contributed by atoms with E-state index < -0.39 is 5.97 Å². The van der Waals surface area contributed by atoms with E-state index in [9.17, 15) is 9.59 Å². The van der Waals surface area contributed by atoms with Gasteiger partial charge in [-0.25, -0.2) is 0 Å². The van der Waals surface area contributed by atoms with Gasteiger partial charge in [-0.15, -0.1) is 0 Å². The minimum atomic E-state index is -0.990. The van der Waals surface area contributed by atoms with E-state index in [-0.39, 0.29) is 30.4 Å². The van der Waals surface area contributed by atoms with E-state index in [1.165, 1.54) is 11.9 Å². The van der Waals surface area contributed by atoms with Gasteiger partial charge >= 0.3 is 5.97 Å². The molecule has 1 aliphatic heterocycles. The summed E-state index contributed by atoms with van der Waals surface area (Å²) in [5, 5.41) is 8.63. The van der Waals surface area contributed by atoms with Crippen molar-refractivity contribution in [1.29, 1.82) is 0 Å². The Hall–Kier alpha value is -1.10. The highest BCUT2D eigenvalue weighted by molar-refractivity contribution is 5.83. The molecule has 5 heteroatoms. The standard InChI is InChI=1S/C11H19NO4/c1-7(2)10-8(4-5-16-10)11(15)12(3)6-9(13)14/h7-8,10H,4-6H2,1-3H3,(H,13,14). The molecule has 0 aromatic carbocycles. The third-order valence-corrected chi connectivity index (χ3v) is 2.86. The van der Waals surface area contributed by atoms with Gasteiger partial charge in [0.15, 0.2) is 0 Å². The summed E-state index contributed by atoms with van der Waals surface area (Å²) < 4.78 is 5.51. The molecule has 1 heterocycles. The van der Waals surface area contributed by atoms with Crippen molar-refractivity contribution < 1.29 is 19.4 Å². The second-order valence-electron chi connectivity index (χ2n) is 4.56. The van der Waals surface area contributed by atoms with Crippen LogP contribution in [-0.4, -0.2) is 48.2 Å². The van der Waals surface area contributed by atoms with Crippen LogP contribution in [0.2, 0.25) is 0 Å². The first-order valence-electron chi connectivity index (χ1n) is 5.52. The highest BCUT2D eigenvalue weighted by Crippen LogP contribution is 2.28. The molecule has 1 rings (SSSR count). The Kier molecular flexibility index (Phi) is 4.29. The number of aliphatic carboxylic acids is 1. The molecule has 5 nitrogen and oxygen atoms in total. The summed E-state index contributed by atoms with van der Waals surface area (Å²) in [6.45, 7) is 4.35. The van der Waals surface area contributed by atoms with Crippen molar-refractivity contribution in [2.75, 3.05) is 20.2 Å². The smallest absolute Gasteiger partial charge is 0.323 e. The van der Waals surface area contributed by atoms with Gasteiger partial charge < -0.3 is 14.7 Å². The minimum absolute atomic E-state index is 0.0799. The lowest BCUT2D eigenvalue weighted by Crippen LogP contribution is -2.40. The molecule has 92 valence electrons. The first-order valence-corrected chi connectivity index (χ1v) is 5.52. The lowest BCUT2D eigenvalue weighted by molar-refractivity contribution is -0.146. The Labute approximate surface area is 95.4 Å². The summed E-state index contributed by atoms with van der Waals surface area (Å²) in [6, 6.07) is 0. The fraction of sp³-hybridized carbons (Fsp3) is 0.818. The Balaban J connectivity index is 2.62. The third-order valence-electron chi connectivity index (χ3n) is 2.86. The summed E-state index contributed by atoms with van der Waals surface area (Å²) >= 11 is 0. The molecule has 2 unspecified atom stereocenters. The van der Waals surface area contributed by atoms with Crippen molar-refractivity contribution >= 4 is 11.9 Å². The number of carbonyl (C=O) groups is 2. The summed E-state index contributed by atoms with van der Waals surface area (Å²) in [7, 11) is 1.52. The zero-order valence-electron chi connectivity index (χ0n) is 9.97. The molecule has 2 atom stereocenters. The number of hydrogen-bond donors (Lipinski definition) is 1. The SMILES string of the molecule is CC(C)C1OCCC1C(=O)N(C)CC(=O)O. The number of carbonyl (C=O) groups excluding carboxylic acids is 1. The molecule has 0 aromatic rings. The van der Waals surface area contributed by atoms with Gasteiger partial charge in [0.25, 0.3) is 0 Å². The van der Waals surface area contributed by atoms with Crippen molar-refractivity contribution in [1.82, 2.24) is 4.90 Å². The molecule has 1 aliphatic rings. The number of carboxylic acid groups (broad SMARTS) is 1. The quantitative estimate of drug-likeness (QED) is 0.766. The molecular formula is C11H19NO4. The Morgan fingerprint density at radius 2 is 2.12 bits per heavy atom. The molecule has 0 radical (unpaired) electrons. The molecule has 1 amide bonds. The predicted molar refractivity (Wildman–Crippen MR) is 58.0 cm³/mol. The Bertz CT molecular complexity index is 277. The summed E-state index contributed by atoms with van der Waals surface area (Å²) in [6.07, 6.45) is 0.606. The van der Waals surface area contributed by atoms with Crippen LogP contribution in [-0.2, 0) is 14.3 Å². The number of hydrogen-bond acceptors (Lipinski definition) is 3. The van der Waals surface area contributed by atoms with E-state index in [0.29, 0.717) is 13.0 Å². The van der Waals surface area contributed by atoms with Gasteiger partial charge in [-0.2, -0.15) is 0 Å². The van der Waals surface area contributed by atoms with Gasteiger partial charge in [-0.3, -0.25) is 9.59 Å². The molecule has 0 saturated carbocycles. The number of nitrogens with zero attached hydrogens (tertiary/aromatic N) is 1. The van der Waals surface area contributed by atoms with E-state index in [4.69, 9.17) is 9.84 Å². The highest BCUT2D eigenvalue weighted by atomic mass is 16.5. The molecule has 1 N–H and O–H groups in total. The van der Waals surface area contributed by atoms with Gasteiger partial charge in [0.1, 0.15) is 6.54 Å². The van der Waals surface area contributed by atoms with Gasteiger partial charge in [-0.1, -0.05) is 13.8 Å². The fourth-order valence-electron chi connectivity index (χ4n) is 2.10. The largest absolute Gasteiger partial charge is 0.480 e. The average molecular weight is 229 g/mol. The van der Waals surface area contributed by atoms with E-state index in [0.717, 1.165) is 0 Å². The van der Waals surface area contributed by atoms with Gasteiger partial charge in [0, 0.05) is 13.7 Å². The number of amides is 1. The van der Waals surface area contributed by atoms with E-state index in [2.05, 4.69) is 0 Å². The first-order chi connectivity index (χ1) is 7.43. The van der Waals surface area contributed by atoms with E-state index in [1.807, 2.05) is 13.8 Å². The topological polar surface area (TPSA) is 66.8 Å². The molecule has 0 aromatic heterocycles. The second-order valence-corrected chi connectivity index (χ2v) is 4.56. The van der Waals surface area contributed by atoms with Crippen LogP contribution in [0.4, 0.5) is 0 Å². The molecule has 0 spiro atoms. The van der Waals surface area contributed by atoms with Crippen molar-refractivity contribution in [3.63, 3.8) is 0 Å². The van der Waals surface area contributed by atoms with Crippen LogP contribution in [0.15, 0.2) is 0 Å². The van der Waals surface area contributed by atoms with Crippen LogP contribution in [0, 0.1) is 11.8 Å². The normalized spacial score (nSPS) is 24.8. The molecule has 0 aliphatic carbocycles. The number of likely N-dealkylation sites (N-methyl/N-ethyl adjacent to an activating group) is 1. The summed E-state index contributed by atoms with van der Waals surface area (Å²) in [4.78, 5) is 23.8. The molecule has 1 fully saturated rings. The number of rotatable bonds is 4. The van der Waals surface area contributed by atoms with Gasteiger partial charge in [0.05, 0.1) is 12.0 Å². The fourth-order valence-corrected chi connectivity index (χ4v) is 2.10. The maximum absolute atomic E-state index is 12.0. The molecule has 16 heavy (non-hydrogen) atoms. The Morgan fingerprint density at radius 1 is 1.50 bits per heavy atom. The maximum Gasteiger partial charge on any atom is 0.323 e. The van der Waals surface area contributed by atoms with Crippen molar-refractivity contribution in [2.24, 2.45) is 11.8 Å². The Morgan fingerprint density at radius 3 is 2.62 bits per heavy atom. The summed E-state index contributed by atoms with van der Waals surface area (Å²) in [5.41, 5.74) is 0. The zero-order valence-corrected chi connectivity index (χ0v) is 9.97. The molecule has 1 saturated heterocycles. The minimum Gasteiger partial charge on any atom is -0.480 e. The number of ether oxygens (including phenoxy) is 1.